The van der Waals surface area contributed by atoms with Gasteiger partial charge in [0.1, 0.15) is 5.82 Å². The Morgan fingerprint density at radius 3 is 2.71 bits per heavy atom. The number of benzene rings is 1. The summed E-state index contributed by atoms with van der Waals surface area (Å²) in [7, 11) is 0. The zero-order chi connectivity index (χ0) is 12.5. The van der Waals surface area contributed by atoms with Gasteiger partial charge in [-0.25, -0.2) is 4.39 Å². The molecule has 0 aliphatic carbocycles. The Hall–Kier alpha value is -1.09. The monoisotopic (exact) mass is 239 g/mol. The molecular weight excluding hydrogens is 217 g/mol. The maximum atomic E-state index is 13.0. The third kappa shape index (κ3) is 5.68. The SMILES string of the molecule is CCCCCCCOCc1cc(F)ccc1N. The van der Waals surface area contributed by atoms with Gasteiger partial charge < -0.3 is 10.5 Å². The van der Waals surface area contributed by atoms with E-state index in [0.717, 1.165) is 18.6 Å². The van der Waals surface area contributed by atoms with Crippen molar-refractivity contribution in [2.45, 2.75) is 45.6 Å². The van der Waals surface area contributed by atoms with Crippen LogP contribution in [0.3, 0.4) is 0 Å². The molecular formula is C14H22FNO. The van der Waals surface area contributed by atoms with Crippen LogP contribution in [-0.4, -0.2) is 6.61 Å². The van der Waals surface area contributed by atoms with Gasteiger partial charge in [-0.05, 0) is 24.6 Å². The standard InChI is InChI=1S/C14H22FNO/c1-2-3-4-5-6-9-17-11-12-10-13(15)7-8-14(12)16/h7-8,10H,2-6,9,11,16H2,1H3. The van der Waals surface area contributed by atoms with Gasteiger partial charge >= 0.3 is 0 Å². The van der Waals surface area contributed by atoms with Crippen molar-refractivity contribution in [1.29, 1.82) is 0 Å². The van der Waals surface area contributed by atoms with Gasteiger partial charge in [-0.15, -0.1) is 0 Å². The number of nitrogen functional groups attached to an aromatic ring is 1. The molecule has 1 aromatic carbocycles. The van der Waals surface area contributed by atoms with Crippen molar-refractivity contribution in [3.63, 3.8) is 0 Å². The van der Waals surface area contributed by atoms with E-state index in [2.05, 4.69) is 6.92 Å². The lowest BCUT2D eigenvalue weighted by Crippen LogP contribution is -2.00. The lowest BCUT2D eigenvalue weighted by Gasteiger charge is -2.07. The van der Waals surface area contributed by atoms with Crippen LogP contribution in [0, 0.1) is 5.82 Å². The number of anilines is 1. The van der Waals surface area contributed by atoms with Crippen LogP contribution in [0.1, 0.15) is 44.6 Å². The van der Waals surface area contributed by atoms with Crippen LogP contribution in [0.25, 0.3) is 0 Å². The van der Waals surface area contributed by atoms with E-state index in [0.29, 0.717) is 12.3 Å². The van der Waals surface area contributed by atoms with E-state index in [1.165, 1.54) is 37.8 Å². The van der Waals surface area contributed by atoms with Crippen LogP contribution >= 0.6 is 0 Å². The molecule has 0 atom stereocenters. The number of nitrogens with two attached hydrogens (primary N) is 1. The van der Waals surface area contributed by atoms with E-state index < -0.39 is 0 Å². The molecule has 17 heavy (non-hydrogen) atoms. The van der Waals surface area contributed by atoms with Crippen LogP contribution in [0.15, 0.2) is 18.2 Å². The predicted molar refractivity (Wildman–Crippen MR) is 69.2 cm³/mol. The summed E-state index contributed by atoms with van der Waals surface area (Å²) in [5.41, 5.74) is 7.05. The first-order chi connectivity index (χ1) is 8.24. The van der Waals surface area contributed by atoms with Crippen LogP contribution in [0.5, 0.6) is 0 Å². The zero-order valence-corrected chi connectivity index (χ0v) is 10.5. The number of hydrogen-bond donors (Lipinski definition) is 1. The molecule has 0 saturated carbocycles. The highest BCUT2D eigenvalue weighted by Crippen LogP contribution is 2.14. The van der Waals surface area contributed by atoms with Crippen molar-refractivity contribution < 1.29 is 9.13 Å². The van der Waals surface area contributed by atoms with Crippen LogP contribution < -0.4 is 5.73 Å². The highest BCUT2D eigenvalue weighted by molar-refractivity contribution is 5.46. The third-order valence-corrected chi connectivity index (χ3v) is 2.75. The summed E-state index contributed by atoms with van der Waals surface area (Å²) in [6.45, 7) is 3.32. The van der Waals surface area contributed by atoms with Crippen LogP contribution in [0.2, 0.25) is 0 Å². The molecule has 0 amide bonds. The highest BCUT2D eigenvalue weighted by atomic mass is 19.1. The Bertz CT molecular complexity index is 328. The van der Waals surface area contributed by atoms with Crippen molar-refractivity contribution in [2.24, 2.45) is 0 Å². The zero-order valence-electron chi connectivity index (χ0n) is 10.5. The number of unbranched alkanes of at least 4 members (excludes halogenated alkanes) is 4. The van der Waals surface area contributed by atoms with Gasteiger partial charge in [-0.2, -0.15) is 0 Å². The Morgan fingerprint density at radius 2 is 1.94 bits per heavy atom. The van der Waals surface area contributed by atoms with Crippen molar-refractivity contribution in [3.8, 4) is 0 Å². The second-order valence-corrected chi connectivity index (χ2v) is 4.31. The van der Waals surface area contributed by atoms with Gasteiger partial charge in [0.15, 0.2) is 0 Å². The van der Waals surface area contributed by atoms with E-state index in [1.54, 1.807) is 6.07 Å². The number of ether oxygens (including phenoxy) is 1. The van der Waals surface area contributed by atoms with E-state index in [1.807, 2.05) is 0 Å². The summed E-state index contributed by atoms with van der Waals surface area (Å²) in [5, 5.41) is 0. The second-order valence-electron chi connectivity index (χ2n) is 4.31. The predicted octanol–water partition coefficient (Wildman–Crippen LogP) is 3.89. The molecule has 0 spiro atoms. The van der Waals surface area contributed by atoms with Gasteiger partial charge in [-0.1, -0.05) is 32.6 Å². The third-order valence-electron chi connectivity index (χ3n) is 2.75. The smallest absolute Gasteiger partial charge is 0.123 e. The Labute approximate surface area is 103 Å². The van der Waals surface area contributed by atoms with Crippen molar-refractivity contribution in [2.75, 3.05) is 12.3 Å². The number of rotatable bonds is 8. The van der Waals surface area contributed by atoms with Crippen molar-refractivity contribution in [3.05, 3.63) is 29.6 Å². The highest BCUT2D eigenvalue weighted by Gasteiger charge is 2.01. The van der Waals surface area contributed by atoms with E-state index >= 15 is 0 Å². The average molecular weight is 239 g/mol. The summed E-state index contributed by atoms with van der Waals surface area (Å²) in [6.07, 6.45) is 6.07. The molecule has 0 saturated heterocycles. The quantitative estimate of drug-likeness (QED) is 0.551. The minimum atomic E-state index is -0.263. The van der Waals surface area contributed by atoms with Gasteiger partial charge in [0.05, 0.1) is 6.61 Å². The first-order valence-electron chi connectivity index (χ1n) is 6.35. The molecule has 0 unspecified atom stereocenters. The van der Waals surface area contributed by atoms with Crippen LogP contribution in [0.4, 0.5) is 10.1 Å². The number of halogens is 1. The minimum absolute atomic E-state index is 0.263. The summed E-state index contributed by atoms with van der Waals surface area (Å²) < 4.78 is 18.4. The fourth-order valence-corrected chi connectivity index (χ4v) is 1.69. The fraction of sp³-hybridized carbons (Fsp3) is 0.571. The molecule has 0 bridgehead atoms. The van der Waals surface area contributed by atoms with Crippen molar-refractivity contribution in [1.82, 2.24) is 0 Å². The summed E-state index contributed by atoms with van der Waals surface area (Å²) in [5.74, 6) is -0.263. The first-order valence-corrected chi connectivity index (χ1v) is 6.35. The molecule has 3 heteroatoms. The molecule has 0 aliphatic rings. The molecule has 2 nitrogen and oxygen atoms in total. The summed E-state index contributed by atoms with van der Waals surface area (Å²) >= 11 is 0. The first kappa shape index (κ1) is 14.0. The van der Waals surface area contributed by atoms with Crippen molar-refractivity contribution >= 4 is 5.69 Å². The van der Waals surface area contributed by atoms with Gasteiger partial charge in [0, 0.05) is 17.9 Å². The minimum Gasteiger partial charge on any atom is -0.398 e. The lowest BCUT2D eigenvalue weighted by molar-refractivity contribution is 0.117. The summed E-state index contributed by atoms with van der Waals surface area (Å²) in [6, 6.07) is 4.38. The van der Waals surface area contributed by atoms with E-state index in [4.69, 9.17) is 10.5 Å². The summed E-state index contributed by atoms with van der Waals surface area (Å²) in [4.78, 5) is 0. The maximum Gasteiger partial charge on any atom is 0.123 e. The van der Waals surface area contributed by atoms with E-state index in [-0.39, 0.29) is 5.82 Å². The molecule has 1 rings (SSSR count). The maximum absolute atomic E-state index is 13.0. The molecule has 96 valence electrons. The Morgan fingerprint density at radius 1 is 1.18 bits per heavy atom. The average Bonchev–Trinajstić information content (AvgIpc) is 2.32. The molecule has 0 heterocycles. The van der Waals surface area contributed by atoms with Gasteiger partial charge in [0.2, 0.25) is 0 Å². The molecule has 0 radical (unpaired) electrons. The number of hydrogen-bond acceptors (Lipinski definition) is 2. The lowest BCUT2D eigenvalue weighted by atomic mass is 10.1. The normalized spacial score (nSPS) is 10.7. The molecule has 1 aromatic rings. The Balaban J connectivity index is 2.15. The topological polar surface area (TPSA) is 35.2 Å². The van der Waals surface area contributed by atoms with E-state index in [9.17, 15) is 4.39 Å². The second kappa shape index (κ2) is 8.07. The molecule has 0 fully saturated rings. The van der Waals surface area contributed by atoms with Gasteiger partial charge in [-0.3, -0.25) is 0 Å². The molecule has 0 aliphatic heterocycles. The van der Waals surface area contributed by atoms with Gasteiger partial charge in [0.25, 0.3) is 0 Å². The molecule has 0 aromatic heterocycles. The molecule has 2 N–H and O–H groups in total. The Kier molecular flexibility index (Phi) is 6.63. The fourth-order valence-electron chi connectivity index (χ4n) is 1.69. The largest absolute Gasteiger partial charge is 0.398 e. The van der Waals surface area contributed by atoms with Crippen LogP contribution in [-0.2, 0) is 11.3 Å².